The average molecular weight is 190 g/mol. The molecular weight excluding hydrogens is 168 g/mol. The van der Waals surface area contributed by atoms with Gasteiger partial charge in [0, 0.05) is 20.0 Å². The lowest BCUT2D eigenvalue weighted by molar-refractivity contribution is -0.119. The second kappa shape index (κ2) is 7.04. The van der Waals surface area contributed by atoms with E-state index >= 15 is 0 Å². The molecule has 1 aliphatic heterocycles. The normalized spacial score (nSPS) is 20.9. The van der Waals surface area contributed by atoms with Crippen LogP contribution >= 0.6 is 0 Å². The molecule has 0 aromatic rings. The van der Waals surface area contributed by atoms with Crippen LogP contribution in [0.3, 0.4) is 0 Å². The molecule has 0 amide bonds. The summed E-state index contributed by atoms with van der Waals surface area (Å²) in [5, 5.41) is 0. The fourth-order valence-corrected chi connectivity index (χ4v) is 1.08. The van der Waals surface area contributed by atoms with Gasteiger partial charge in [-0.2, -0.15) is 0 Å². The Hall–Kier alpha value is -0.410. The van der Waals surface area contributed by atoms with Gasteiger partial charge in [0.15, 0.2) is 0 Å². The first-order chi connectivity index (χ1) is 5.22. The van der Waals surface area contributed by atoms with Crippen LogP contribution < -0.4 is 0 Å². The molecule has 3 nitrogen and oxygen atoms in total. The van der Waals surface area contributed by atoms with E-state index in [0.717, 1.165) is 13.0 Å². The second-order valence-corrected chi connectivity index (χ2v) is 2.95. The minimum Gasteiger partial charge on any atom is -0.381 e. The third-order valence-electron chi connectivity index (χ3n) is 1.78. The van der Waals surface area contributed by atoms with Crippen molar-refractivity contribution in [3.63, 3.8) is 0 Å². The molecule has 1 aliphatic rings. The van der Waals surface area contributed by atoms with Crippen molar-refractivity contribution >= 4 is 5.78 Å². The second-order valence-electron chi connectivity index (χ2n) is 2.95. The van der Waals surface area contributed by atoms with Crippen LogP contribution in [0.15, 0.2) is 0 Å². The third kappa shape index (κ3) is 6.72. The van der Waals surface area contributed by atoms with Gasteiger partial charge in [0.2, 0.25) is 0 Å². The van der Waals surface area contributed by atoms with Crippen LogP contribution in [0.1, 0.15) is 34.6 Å². The molecule has 0 spiro atoms. The van der Waals surface area contributed by atoms with Gasteiger partial charge < -0.3 is 9.47 Å². The molecule has 80 valence electrons. The zero-order chi connectivity index (χ0) is 8.27. The van der Waals surface area contributed by atoms with Crippen molar-refractivity contribution in [3.8, 4) is 0 Å². The van der Waals surface area contributed by atoms with Gasteiger partial charge >= 0.3 is 0 Å². The molecule has 3 heteroatoms. The fourth-order valence-electron chi connectivity index (χ4n) is 1.08. The molecule has 2 unspecified atom stereocenters. The van der Waals surface area contributed by atoms with Gasteiger partial charge in [0.25, 0.3) is 0 Å². The van der Waals surface area contributed by atoms with Crippen molar-refractivity contribution in [3.05, 3.63) is 0 Å². The summed E-state index contributed by atoms with van der Waals surface area (Å²) < 4.78 is 10.1. The lowest BCUT2D eigenvalue weighted by Gasteiger charge is -2.10. The predicted octanol–water partition coefficient (Wildman–Crippen LogP) is 2.04. The van der Waals surface area contributed by atoms with Crippen molar-refractivity contribution in [1.82, 2.24) is 0 Å². The van der Waals surface area contributed by atoms with E-state index in [1.807, 2.05) is 0 Å². The van der Waals surface area contributed by atoms with Crippen LogP contribution in [0.25, 0.3) is 0 Å². The molecule has 2 atom stereocenters. The standard InChI is InChI=1S/C8H14O3.2CH4/c1-6(9)3-7(10-2)4-8-5-11-8;;/h7-8H,3-5H2,1-2H3;2*1H4. The molecule has 0 saturated carbocycles. The zero-order valence-electron chi connectivity index (χ0n) is 7.00. The van der Waals surface area contributed by atoms with Gasteiger partial charge in [-0.25, -0.2) is 0 Å². The van der Waals surface area contributed by atoms with Crippen LogP contribution in [0.4, 0.5) is 0 Å². The summed E-state index contributed by atoms with van der Waals surface area (Å²) in [5.41, 5.74) is 0. The molecule has 0 bridgehead atoms. The Morgan fingerprint density at radius 2 is 2.15 bits per heavy atom. The number of hydrogen-bond donors (Lipinski definition) is 0. The summed E-state index contributed by atoms with van der Waals surface area (Å²) in [6.45, 7) is 2.41. The highest BCUT2D eigenvalue weighted by Gasteiger charge is 2.26. The Labute approximate surface area is 81.4 Å². The summed E-state index contributed by atoms with van der Waals surface area (Å²) in [7, 11) is 1.63. The monoisotopic (exact) mass is 190 g/mol. The lowest BCUT2D eigenvalue weighted by atomic mass is 10.1. The van der Waals surface area contributed by atoms with E-state index in [9.17, 15) is 4.79 Å². The highest BCUT2D eigenvalue weighted by atomic mass is 16.6. The van der Waals surface area contributed by atoms with E-state index in [-0.39, 0.29) is 26.7 Å². The third-order valence-corrected chi connectivity index (χ3v) is 1.78. The molecule has 1 heterocycles. The molecule has 1 saturated heterocycles. The van der Waals surface area contributed by atoms with E-state index in [1.165, 1.54) is 0 Å². The number of ketones is 1. The molecule has 0 aliphatic carbocycles. The largest absolute Gasteiger partial charge is 0.381 e. The Balaban J connectivity index is 0. The van der Waals surface area contributed by atoms with Gasteiger partial charge in [-0.05, 0) is 6.92 Å². The summed E-state index contributed by atoms with van der Waals surface area (Å²) in [6.07, 6.45) is 1.77. The Kier molecular flexibility index (Phi) is 8.16. The van der Waals surface area contributed by atoms with Crippen molar-refractivity contribution in [2.75, 3.05) is 13.7 Å². The summed E-state index contributed by atoms with van der Waals surface area (Å²) >= 11 is 0. The van der Waals surface area contributed by atoms with Crippen LogP contribution in [0.2, 0.25) is 0 Å². The Morgan fingerprint density at radius 1 is 1.62 bits per heavy atom. The highest BCUT2D eigenvalue weighted by molar-refractivity contribution is 5.75. The topological polar surface area (TPSA) is 38.8 Å². The highest BCUT2D eigenvalue weighted by Crippen LogP contribution is 2.18. The lowest BCUT2D eigenvalue weighted by Crippen LogP contribution is -2.16. The number of carbonyl (C=O) groups excluding carboxylic acids is 1. The Morgan fingerprint density at radius 3 is 2.46 bits per heavy atom. The first kappa shape index (κ1) is 15.1. The van der Waals surface area contributed by atoms with Gasteiger partial charge in [0.1, 0.15) is 5.78 Å². The molecule has 1 fully saturated rings. The van der Waals surface area contributed by atoms with Crippen molar-refractivity contribution in [2.24, 2.45) is 0 Å². The smallest absolute Gasteiger partial charge is 0.132 e. The maximum atomic E-state index is 10.7. The van der Waals surface area contributed by atoms with Gasteiger partial charge in [0.05, 0.1) is 18.8 Å². The van der Waals surface area contributed by atoms with Crippen LogP contribution in [-0.2, 0) is 14.3 Å². The average Bonchev–Trinajstić information content (AvgIpc) is 2.69. The van der Waals surface area contributed by atoms with Crippen LogP contribution in [0.5, 0.6) is 0 Å². The first-order valence-corrected chi connectivity index (χ1v) is 3.86. The van der Waals surface area contributed by atoms with E-state index in [0.29, 0.717) is 12.5 Å². The van der Waals surface area contributed by atoms with E-state index < -0.39 is 0 Å². The number of Topliss-reactive ketones (excluding diaryl/α,β-unsaturated/α-hetero) is 1. The van der Waals surface area contributed by atoms with E-state index in [2.05, 4.69) is 0 Å². The number of epoxide rings is 1. The Bertz CT molecular complexity index is 141. The van der Waals surface area contributed by atoms with Crippen molar-refractivity contribution in [2.45, 2.75) is 46.8 Å². The van der Waals surface area contributed by atoms with E-state index in [4.69, 9.17) is 9.47 Å². The van der Waals surface area contributed by atoms with Crippen LogP contribution in [-0.4, -0.2) is 31.7 Å². The summed E-state index contributed by atoms with van der Waals surface area (Å²) in [6, 6.07) is 0. The summed E-state index contributed by atoms with van der Waals surface area (Å²) in [5.74, 6) is 0.178. The molecule has 0 radical (unpaired) electrons. The number of rotatable bonds is 5. The molecular formula is C10H22O3. The number of methoxy groups -OCH3 is 1. The number of ether oxygens (including phenoxy) is 2. The zero-order valence-corrected chi connectivity index (χ0v) is 7.00. The molecule has 1 rings (SSSR count). The molecule has 0 aromatic carbocycles. The maximum Gasteiger partial charge on any atom is 0.132 e. The van der Waals surface area contributed by atoms with Gasteiger partial charge in [-0.3, -0.25) is 4.79 Å². The predicted molar refractivity (Wildman–Crippen MR) is 53.9 cm³/mol. The van der Waals surface area contributed by atoms with Crippen molar-refractivity contribution < 1.29 is 14.3 Å². The first-order valence-electron chi connectivity index (χ1n) is 3.86. The van der Waals surface area contributed by atoms with Crippen molar-refractivity contribution in [1.29, 1.82) is 0 Å². The summed E-state index contributed by atoms with van der Waals surface area (Å²) in [4.78, 5) is 10.7. The molecule has 0 aromatic heterocycles. The number of hydrogen-bond acceptors (Lipinski definition) is 3. The SMILES string of the molecule is C.C.COC(CC(C)=O)CC1CO1. The van der Waals surface area contributed by atoms with Gasteiger partial charge in [-0.15, -0.1) is 0 Å². The van der Waals surface area contributed by atoms with E-state index in [1.54, 1.807) is 14.0 Å². The van der Waals surface area contributed by atoms with Crippen LogP contribution in [0, 0.1) is 0 Å². The maximum absolute atomic E-state index is 10.7. The minimum atomic E-state index is 0. The molecule has 0 N–H and O–H groups in total. The van der Waals surface area contributed by atoms with Gasteiger partial charge in [-0.1, -0.05) is 14.9 Å². The fraction of sp³-hybridized carbons (Fsp3) is 0.900. The quantitative estimate of drug-likeness (QED) is 0.623. The minimum absolute atomic E-state index is 0. The molecule has 13 heavy (non-hydrogen) atoms. The number of carbonyl (C=O) groups is 1.